The van der Waals surface area contributed by atoms with Crippen molar-refractivity contribution < 1.29 is 9.53 Å². The summed E-state index contributed by atoms with van der Waals surface area (Å²) in [5, 5.41) is 0. The quantitative estimate of drug-likeness (QED) is 0.575. The molecule has 0 saturated carbocycles. The predicted octanol–water partition coefficient (Wildman–Crippen LogP) is 5.80. The number of ether oxygens (including phenoxy) is 1. The Labute approximate surface area is 133 Å². The van der Waals surface area contributed by atoms with Gasteiger partial charge in [0.25, 0.3) is 0 Å². The van der Waals surface area contributed by atoms with Crippen molar-refractivity contribution in [2.45, 2.75) is 46.0 Å². The van der Waals surface area contributed by atoms with Crippen molar-refractivity contribution in [1.29, 1.82) is 0 Å². The summed E-state index contributed by atoms with van der Waals surface area (Å²) in [7, 11) is 0. The number of hydrogen-bond donors (Lipinski definition) is 0. The first-order valence-electron chi connectivity index (χ1n) is 8.13. The minimum absolute atomic E-state index is 0.215. The standard InChI is InChI=1S/C20H24O2/c1-3-5-10-16-13-14-18(15-19(16)20(21)9-4-2)22-17-11-7-6-8-12-17/h6-8,11-15H,3-5,9-10H2,1-2H3. The molecule has 116 valence electrons. The summed E-state index contributed by atoms with van der Waals surface area (Å²) in [5.74, 6) is 1.73. The topological polar surface area (TPSA) is 26.3 Å². The molecule has 0 radical (unpaired) electrons. The molecule has 0 atom stereocenters. The lowest BCUT2D eigenvalue weighted by molar-refractivity contribution is 0.0980. The number of benzene rings is 2. The fourth-order valence-corrected chi connectivity index (χ4v) is 2.45. The highest BCUT2D eigenvalue weighted by molar-refractivity contribution is 5.97. The number of hydrogen-bond acceptors (Lipinski definition) is 2. The van der Waals surface area contributed by atoms with Gasteiger partial charge in [-0.05, 0) is 49.1 Å². The maximum atomic E-state index is 12.4. The first kappa shape index (κ1) is 16.3. The Bertz CT molecular complexity index is 602. The van der Waals surface area contributed by atoms with Crippen molar-refractivity contribution in [2.75, 3.05) is 0 Å². The van der Waals surface area contributed by atoms with Crippen LogP contribution in [0.3, 0.4) is 0 Å². The van der Waals surface area contributed by atoms with Crippen LogP contribution in [0.4, 0.5) is 0 Å². The van der Waals surface area contributed by atoms with Crippen LogP contribution in [0.1, 0.15) is 55.5 Å². The lowest BCUT2D eigenvalue weighted by Crippen LogP contribution is -2.04. The average molecular weight is 296 g/mol. The van der Waals surface area contributed by atoms with Gasteiger partial charge >= 0.3 is 0 Å². The smallest absolute Gasteiger partial charge is 0.163 e. The molecular formula is C20H24O2. The molecule has 2 aromatic carbocycles. The van der Waals surface area contributed by atoms with Crippen molar-refractivity contribution in [3.63, 3.8) is 0 Å². The molecule has 2 aromatic rings. The predicted molar refractivity (Wildman–Crippen MR) is 90.8 cm³/mol. The molecule has 0 fully saturated rings. The summed E-state index contributed by atoms with van der Waals surface area (Å²) in [4.78, 5) is 12.4. The number of carbonyl (C=O) groups excluding carboxylic acids is 1. The molecule has 0 amide bonds. The van der Waals surface area contributed by atoms with Gasteiger partial charge in [0, 0.05) is 12.0 Å². The highest BCUT2D eigenvalue weighted by atomic mass is 16.5. The van der Waals surface area contributed by atoms with E-state index in [0.29, 0.717) is 6.42 Å². The Morgan fingerprint density at radius 1 is 0.955 bits per heavy atom. The van der Waals surface area contributed by atoms with Crippen LogP contribution in [0, 0.1) is 0 Å². The van der Waals surface area contributed by atoms with Crippen LogP contribution in [0.2, 0.25) is 0 Å². The summed E-state index contributed by atoms with van der Waals surface area (Å²) < 4.78 is 5.85. The highest BCUT2D eigenvalue weighted by Gasteiger charge is 2.12. The van der Waals surface area contributed by atoms with Crippen molar-refractivity contribution in [2.24, 2.45) is 0 Å². The van der Waals surface area contributed by atoms with Gasteiger partial charge in [-0.15, -0.1) is 0 Å². The summed E-state index contributed by atoms with van der Waals surface area (Å²) in [6.45, 7) is 4.20. The number of para-hydroxylation sites is 1. The van der Waals surface area contributed by atoms with Gasteiger partial charge in [-0.2, -0.15) is 0 Å². The molecule has 0 aromatic heterocycles. The van der Waals surface area contributed by atoms with Gasteiger partial charge in [-0.1, -0.05) is 44.5 Å². The summed E-state index contributed by atoms with van der Waals surface area (Å²) >= 11 is 0. The molecule has 0 unspecified atom stereocenters. The van der Waals surface area contributed by atoms with Crippen LogP contribution in [-0.4, -0.2) is 5.78 Å². The minimum atomic E-state index is 0.215. The van der Waals surface area contributed by atoms with E-state index in [4.69, 9.17) is 4.74 Å². The normalized spacial score (nSPS) is 10.5. The minimum Gasteiger partial charge on any atom is -0.457 e. The van der Waals surface area contributed by atoms with E-state index in [-0.39, 0.29) is 5.78 Å². The monoisotopic (exact) mass is 296 g/mol. The van der Waals surface area contributed by atoms with E-state index in [1.807, 2.05) is 55.5 Å². The van der Waals surface area contributed by atoms with Crippen molar-refractivity contribution in [1.82, 2.24) is 0 Å². The number of aryl methyl sites for hydroxylation is 1. The fourth-order valence-electron chi connectivity index (χ4n) is 2.45. The first-order chi connectivity index (χ1) is 10.7. The zero-order valence-electron chi connectivity index (χ0n) is 13.5. The second kappa shape index (κ2) is 8.38. The molecule has 0 heterocycles. The molecule has 2 heteroatoms. The Hall–Kier alpha value is -2.09. The third-order valence-electron chi connectivity index (χ3n) is 3.64. The Balaban J connectivity index is 2.25. The third kappa shape index (κ3) is 4.45. The molecule has 0 saturated heterocycles. The van der Waals surface area contributed by atoms with E-state index in [2.05, 4.69) is 6.92 Å². The molecule has 0 aliphatic rings. The SMILES string of the molecule is CCCCc1ccc(Oc2ccccc2)cc1C(=O)CCC. The van der Waals surface area contributed by atoms with Gasteiger partial charge < -0.3 is 4.74 Å². The van der Waals surface area contributed by atoms with E-state index in [9.17, 15) is 4.79 Å². The van der Waals surface area contributed by atoms with Crippen LogP contribution < -0.4 is 4.74 Å². The van der Waals surface area contributed by atoms with E-state index in [1.54, 1.807) is 0 Å². The van der Waals surface area contributed by atoms with Gasteiger partial charge in [-0.3, -0.25) is 4.79 Å². The summed E-state index contributed by atoms with van der Waals surface area (Å²) in [6, 6.07) is 15.6. The second-order valence-corrected chi connectivity index (χ2v) is 5.51. The molecule has 0 N–H and O–H groups in total. The Kier molecular flexibility index (Phi) is 6.20. The van der Waals surface area contributed by atoms with Crippen LogP contribution in [0.25, 0.3) is 0 Å². The second-order valence-electron chi connectivity index (χ2n) is 5.51. The number of unbranched alkanes of at least 4 members (excludes halogenated alkanes) is 1. The lowest BCUT2D eigenvalue weighted by Gasteiger charge is -2.12. The van der Waals surface area contributed by atoms with Crippen LogP contribution in [0.15, 0.2) is 48.5 Å². The number of rotatable bonds is 8. The van der Waals surface area contributed by atoms with Gasteiger partial charge in [-0.25, -0.2) is 0 Å². The fraction of sp³-hybridized carbons (Fsp3) is 0.350. The van der Waals surface area contributed by atoms with Crippen molar-refractivity contribution >= 4 is 5.78 Å². The lowest BCUT2D eigenvalue weighted by atomic mass is 9.96. The molecule has 0 aliphatic heterocycles. The molecular weight excluding hydrogens is 272 g/mol. The van der Waals surface area contributed by atoms with E-state index < -0.39 is 0 Å². The van der Waals surface area contributed by atoms with Crippen LogP contribution >= 0.6 is 0 Å². The van der Waals surface area contributed by atoms with E-state index >= 15 is 0 Å². The maximum absolute atomic E-state index is 12.4. The van der Waals surface area contributed by atoms with Crippen molar-refractivity contribution in [3.8, 4) is 11.5 Å². The molecule has 2 rings (SSSR count). The van der Waals surface area contributed by atoms with Gasteiger partial charge in [0.05, 0.1) is 0 Å². The molecule has 22 heavy (non-hydrogen) atoms. The molecule has 2 nitrogen and oxygen atoms in total. The Morgan fingerprint density at radius 2 is 1.73 bits per heavy atom. The maximum Gasteiger partial charge on any atom is 0.163 e. The van der Waals surface area contributed by atoms with Gasteiger partial charge in [0.1, 0.15) is 11.5 Å². The van der Waals surface area contributed by atoms with Crippen molar-refractivity contribution in [3.05, 3.63) is 59.7 Å². The number of carbonyl (C=O) groups is 1. The third-order valence-corrected chi connectivity index (χ3v) is 3.64. The number of Topliss-reactive ketones (excluding diaryl/α,β-unsaturated/α-hetero) is 1. The molecule has 0 bridgehead atoms. The molecule has 0 aliphatic carbocycles. The van der Waals surface area contributed by atoms with Crippen LogP contribution in [-0.2, 0) is 6.42 Å². The summed E-state index contributed by atoms with van der Waals surface area (Å²) in [6.07, 6.45) is 4.64. The van der Waals surface area contributed by atoms with Gasteiger partial charge in [0.2, 0.25) is 0 Å². The highest BCUT2D eigenvalue weighted by Crippen LogP contribution is 2.26. The van der Waals surface area contributed by atoms with Gasteiger partial charge in [0.15, 0.2) is 5.78 Å². The van der Waals surface area contributed by atoms with E-state index in [1.165, 1.54) is 0 Å². The first-order valence-corrected chi connectivity index (χ1v) is 8.13. The van der Waals surface area contributed by atoms with Crippen LogP contribution in [0.5, 0.6) is 11.5 Å². The zero-order chi connectivity index (χ0) is 15.8. The zero-order valence-corrected chi connectivity index (χ0v) is 13.5. The molecule has 0 spiro atoms. The number of ketones is 1. The average Bonchev–Trinajstić information content (AvgIpc) is 2.55. The van der Waals surface area contributed by atoms with E-state index in [0.717, 1.165) is 48.3 Å². The largest absolute Gasteiger partial charge is 0.457 e. The summed E-state index contributed by atoms with van der Waals surface area (Å²) in [5.41, 5.74) is 1.96. The Morgan fingerprint density at radius 3 is 2.41 bits per heavy atom.